The average molecular weight is 392 g/mol. The fraction of sp³-hybridized carbons (Fsp3) is 0.300. The molecule has 1 saturated heterocycles. The van der Waals surface area contributed by atoms with E-state index in [0.29, 0.717) is 18.0 Å². The lowest BCUT2D eigenvalue weighted by molar-refractivity contribution is -0.138. The molecular weight excluding hydrogens is 373 g/mol. The van der Waals surface area contributed by atoms with E-state index in [0.717, 1.165) is 11.0 Å². The Bertz CT molecular complexity index is 866. The van der Waals surface area contributed by atoms with Crippen molar-refractivity contribution in [3.63, 3.8) is 0 Å². The van der Waals surface area contributed by atoms with Gasteiger partial charge in [-0.2, -0.15) is 13.2 Å². The van der Waals surface area contributed by atoms with Gasteiger partial charge in [0, 0.05) is 6.54 Å². The fourth-order valence-electron chi connectivity index (χ4n) is 3.10. The van der Waals surface area contributed by atoms with Crippen LogP contribution in [0, 0.1) is 0 Å². The molecule has 0 spiro atoms. The molecule has 5 nitrogen and oxygen atoms in total. The fourth-order valence-corrected chi connectivity index (χ4v) is 3.10. The zero-order valence-electron chi connectivity index (χ0n) is 15.1. The maximum Gasteiger partial charge on any atom is 0.416 e. The van der Waals surface area contributed by atoms with Gasteiger partial charge in [0.1, 0.15) is 5.75 Å². The first-order chi connectivity index (χ1) is 13.3. The number of nitrogens with one attached hydrogen (secondary N) is 1. The average Bonchev–Trinajstić information content (AvgIpc) is 2.94. The van der Waals surface area contributed by atoms with Gasteiger partial charge in [0.25, 0.3) is 5.91 Å². The largest absolute Gasteiger partial charge is 0.494 e. The molecule has 2 aromatic carbocycles. The Morgan fingerprint density at radius 2 is 1.79 bits per heavy atom. The number of imide groups is 1. The normalized spacial score (nSPS) is 17.3. The van der Waals surface area contributed by atoms with E-state index in [9.17, 15) is 22.8 Å². The molecular formula is C20H19F3N2O3. The van der Waals surface area contributed by atoms with Crippen molar-refractivity contribution in [3.05, 3.63) is 59.7 Å². The van der Waals surface area contributed by atoms with Gasteiger partial charge in [0.2, 0.25) is 5.91 Å². The van der Waals surface area contributed by atoms with Crippen LogP contribution in [0.5, 0.6) is 5.75 Å². The van der Waals surface area contributed by atoms with Crippen molar-refractivity contribution in [3.8, 4) is 5.75 Å². The number of anilines is 1. The van der Waals surface area contributed by atoms with Crippen molar-refractivity contribution in [1.29, 1.82) is 0 Å². The molecule has 0 unspecified atom stereocenters. The van der Waals surface area contributed by atoms with E-state index in [2.05, 4.69) is 5.32 Å². The van der Waals surface area contributed by atoms with Crippen LogP contribution in [-0.2, 0) is 22.3 Å². The minimum atomic E-state index is -4.48. The summed E-state index contributed by atoms with van der Waals surface area (Å²) in [7, 11) is 0. The summed E-state index contributed by atoms with van der Waals surface area (Å²) < 4.78 is 44.6. The monoisotopic (exact) mass is 392 g/mol. The predicted molar refractivity (Wildman–Crippen MR) is 96.8 cm³/mol. The van der Waals surface area contributed by atoms with E-state index >= 15 is 0 Å². The van der Waals surface area contributed by atoms with Crippen LogP contribution in [0.15, 0.2) is 48.5 Å². The highest BCUT2D eigenvalue weighted by Crippen LogP contribution is 2.32. The minimum absolute atomic E-state index is 0.0229. The van der Waals surface area contributed by atoms with Gasteiger partial charge in [-0.15, -0.1) is 0 Å². The Hall–Kier alpha value is -2.87. The first-order valence-electron chi connectivity index (χ1n) is 8.79. The number of amides is 2. The Kier molecular flexibility index (Phi) is 5.69. The summed E-state index contributed by atoms with van der Waals surface area (Å²) in [6.45, 7) is 2.16. The number of alkyl halides is 3. The first-order valence-corrected chi connectivity index (χ1v) is 8.79. The molecule has 1 fully saturated rings. The van der Waals surface area contributed by atoms with Gasteiger partial charge in [-0.3, -0.25) is 9.59 Å². The Labute approximate surface area is 160 Å². The lowest BCUT2D eigenvalue weighted by Gasteiger charge is -2.17. The van der Waals surface area contributed by atoms with E-state index in [4.69, 9.17) is 4.74 Å². The third-order valence-electron chi connectivity index (χ3n) is 4.41. The number of hydrogen-bond acceptors (Lipinski definition) is 4. The van der Waals surface area contributed by atoms with Gasteiger partial charge in [-0.25, -0.2) is 4.90 Å². The maximum atomic E-state index is 13.1. The van der Waals surface area contributed by atoms with Crippen LogP contribution < -0.4 is 15.0 Å². The zero-order valence-corrected chi connectivity index (χ0v) is 15.1. The van der Waals surface area contributed by atoms with Gasteiger partial charge in [0.15, 0.2) is 0 Å². The van der Waals surface area contributed by atoms with Crippen molar-refractivity contribution in [1.82, 2.24) is 5.32 Å². The van der Waals surface area contributed by atoms with E-state index in [1.807, 2.05) is 6.92 Å². The maximum absolute atomic E-state index is 13.1. The van der Waals surface area contributed by atoms with E-state index in [1.54, 1.807) is 24.3 Å². The second-order valence-electron chi connectivity index (χ2n) is 6.29. The van der Waals surface area contributed by atoms with Crippen LogP contribution in [-0.4, -0.2) is 24.5 Å². The summed E-state index contributed by atoms with van der Waals surface area (Å²) in [4.78, 5) is 26.0. The third-order valence-corrected chi connectivity index (χ3v) is 4.41. The highest BCUT2D eigenvalue weighted by Gasteiger charge is 2.40. The summed E-state index contributed by atoms with van der Waals surface area (Å²) >= 11 is 0. The Morgan fingerprint density at radius 3 is 2.43 bits per heavy atom. The van der Waals surface area contributed by atoms with Crippen molar-refractivity contribution in [2.45, 2.75) is 32.1 Å². The molecule has 28 heavy (non-hydrogen) atoms. The minimum Gasteiger partial charge on any atom is -0.494 e. The molecule has 2 amide bonds. The number of halogens is 3. The van der Waals surface area contributed by atoms with Crippen molar-refractivity contribution in [2.24, 2.45) is 0 Å². The van der Waals surface area contributed by atoms with Crippen LogP contribution >= 0.6 is 0 Å². The lowest BCUT2D eigenvalue weighted by Crippen LogP contribution is -2.38. The molecule has 0 saturated carbocycles. The van der Waals surface area contributed by atoms with Crippen molar-refractivity contribution < 1.29 is 27.5 Å². The summed E-state index contributed by atoms with van der Waals surface area (Å²) in [6, 6.07) is 10.8. The van der Waals surface area contributed by atoms with Gasteiger partial charge in [-0.05, 0) is 42.8 Å². The van der Waals surface area contributed by atoms with Crippen LogP contribution in [0.2, 0.25) is 0 Å². The topological polar surface area (TPSA) is 58.6 Å². The second-order valence-corrected chi connectivity index (χ2v) is 6.29. The standard InChI is InChI=1S/C20H19F3N2O3/c1-2-28-15-9-7-14(8-10-15)25-18(26)11-17(19(25)27)24-12-13-5-3-4-6-16(13)20(21,22)23/h3-10,17,24H,2,11-12H2,1H3/t17-/m0/s1. The predicted octanol–water partition coefficient (Wildman–Crippen LogP) is 3.53. The molecule has 3 rings (SSSR count). The molecule has 0 bridgehead atoms. The molecule has 148 valence electrons. The third kappa shape index (κ3) is 4.17. The number of rotatable bonds is 6. The number of carbonyl (C=O) groups is 2. The first kappa shape index (κ1) is 19.9. The van der Waals surface area contributed by atoms with Gasteiger partial charge in [-0.1, -0.05) is 18.2 Å². The molecule has 1 heterocycles. The van der Waals surface area contributed by atoms with Crippen LogP contribution in [0.1, 0.15) is 24.5 Å². The number of carbonyl (C=O) groups excluding carboxylic acids is 2. The van der Waals surface area contributed by atoms with Gasteiger partial charge >= 0.3 is 6.18 Å². The van der Waals surface area contributed by atoms with E-state index in [1.165, 1.54) is 18.2 Å². The van der Waals surface area contributed by atoms with Crippen LogP contribution in [0.25, 0.3) is 0 Å². The Morgan fingerprint density at radius 1 is 1.11 bits per heavy atom. The SMILES string of the molecule is CCOc1ccc(N2C(=O)C[C@H](NCc3ccccc3C(F)(F)F)C2=O)cc1. The highest BCUT2D eigenvalue weighted by molar-refractivity contribution is 6.22. The smallest absolute Gasteiger partial charge is 0.416 e. The number of ether oxygens (including phenoxy) is 1. The molecule has 1 N–H and O–H groups in total. The molecule has 0 aliphatic carbocycles. The molecule has 1 aliphatic rings. The summed E-state index contributed by atoms with van der Waals surface area (Å²) in [5.41, 5.74) is -0.337. The quantitative estimate of drug-likeness (QED) is 0.765. The van der Waals surface area contributed by atoms with Crippen molar-refractivity contribution >= 4 is 17.5 Å². The molecule has 0 aromatic heterocycles. The molecule has 0 radical (unpaired) electrons. The molecule has 8 heteroatoms. The summed E-state index contributed by atoms with van der Waals surface area (Å²) in [5, 5.41) is 2.79. The zero-order chi connectivity index (χ0) is 20.3. The summed E-state index contributed by atoms with van der Waals surface area (Å²) in [5.74, 6) is -0.279. The number of nitrogens with zero attached hydrogens (tertiary/aromatic N) is 1. The Balaban J connectivity index is 1.71. The van der Waals surface area contributed by atoms with E-state index < -0.39 is 29.6 Å². The lowest BCUT2D eigenvalue weighted by atomic mass is 10.1. The number of hydrogen-bond donors (Lipinski definition) is 1. The molecule has 2 aromatic rings. The highest BCUT2D eigenvalue weighted by atomic mass is 19.4. The van der Waals surface area contributed by atoms with E-state index in [-0.39, 0.29) is 18.5 Å². The second kappa shape index (κ2) is 8.02. The van der Waals surface area contributed by atoms with Crippen LogP contribution in [0.4, 0.5) is 18.9 Å². The molecule has 1 aliphatic heterocycles. The summed E-state index contributed by atoms with van der Waals surface area (Å²) in [6.07, 6.45) is -4.59. The van der Waals surface area contributed by atoms with Gasteiger partial charge in [0.05, 0.1) is 30.3 Å². The van der Waals surface area contributed by atoms with Crippen molar-refractivity contribution in [2.75, 3.05) is 11.5 Å². The van der Waals surface area contributed by atoms with Crippen LogP contribution in [0.3, 0.4) is 0 Å². The molecule has 1 atom stereocenters. The number of benzene rings is 2. The van der Waals surface area contributed by atoms with Gasteiger partial charge < -0.3 is 10.1 Å².